The molecule has 0 bridgehead atoms. The first-order valence-corrected chi connectivity index (χ1v) is 11.3. The third-order valence-electron chi connectivity index (χ3n) is 7.04. The number of piperidine rings is 1. The number of aromatic nitrogens is 3. The molecule has 1 aromatic carbocycles. The topological polar surface area (TPSA) is 72.3 Å². The fraction of sp³-hybridized carbons (Fsp3) is 0.375. The summed E-state index contributed by atoms with van der Waals surface area (Å²) in [6.07, 6.45) is 7.74. The zero-order valence-corrected chi connectivity index (χ0v) is 18.6. The number of rotatable bonds is 1. The van der Waals surface area contributed by atoms with Crippen molar-refractivity contribution in [2.24, 2.45) is 0 Å². The highest BCUT2D eigenvalue weighted by molar-refractivity contribution is 6.31. The molecular formula is C24H24ClN5O2. The maximum atomic E-state index is 12.9. The van der Waals surface area contributed by atoms with Crippen LogP contribution in [0.5, 0.6) is 0 Å². The molecule has 32 heavy (non-hydrogen) atoms. The van der Waals surface area contributed by atoms with Crippen LogP contribution in [0.25, 0.3) is 5.69 Å². The molecule has 5 heterocycles. The molecule has 3 aliphatic heterocycles. The first-order valence-electron chi connectivity index (χ1n) is 10.9. The van der Waals surface area contributed by atoms with Gasteiger partial charge in [0.15, 0.2) is 0 Å². The molecule has 0 aliphatic carbocycles. The molecule has 2 fully saturated rings. The molecule has 8 heteroatoms. The lowest BCUT2D eigenvalue weighted by atomic mass is 9.79. The van der Waals surface area contributed by atoms with Crippen molar-refractivity contribution in [2.75, 3.05) is 25.0 Å². The summed E-state index contributed by atoms with van der Waals surface area (Å²) in [6, 6.07) is 10.2. The summed E-state index contributed by atoms with van der Waals surface area (Å²) < 4.78 is 8.76. The fourth-order valence-corrected chi connectivity index (χ4v) is 5.57. The van der Waals surface area contributed by atoms with Crippen molar-refractivity contribution in [2.45, 2.75) is 37.3 Å². The lowest BCUT2D eigenvalue weighted by molar-refractivity contribution is -0.0393. The van der Waals surface area contributed by atoms with Crippen LogP contribution in [0.4, 0.5) is 5.69 Å². The average molecular weight is 450 g/mol. The Kier molecular flexibility index (Phi) is 4.35. The third kappa shape index (κ3) is 3.03. The van der Waals surface area contributed by atoms with Gasteiger partial charge in [-0.2, -0.15) is 0 Å². The molecule has 2 saturated heterocycles. The van der Waals surface area contributed by atoms with E-state index >= 15 is 0 Å². The summed E-state index contributed by atoms with van der Waals surface area (Å²) in [7, 11) is 0. The van der Waals surface area contributed by atoms with E-state index in [0.717, 1.165) is 36.3 Å². The summed E-state index contributed by atoms with van der Waals surface area (Å²) in [6.45, 7) is 3.74. The monoisotopic (exact) mass is 449 g/mol. The number of nitrogens with one attached hydrogen (secondary N) is 1. The van der Waals surface area contributed by atoms with Crippen molar-refractivity contribution in [1.82, 2.24) is 19.4 Å². The molecule has 3 aliphatic rings. The molecule has 1 unspecified atom stereocenters. The van der Waals surface area contributed by atoms with Crippen molar-refractivity contribution in [3.8, 4) is 5.69 Å². The number of carbonyl (C=O) groups is 1. The minimum atomic E-state index is -0.310. The minimum Gasteiger partial charge on any atom is -0.372 e. The third-order valence-corrected chi connectivity index (χ3v) is 7.28. The van der Waals surface area contributed by atoms with Crippen LogP contribution in [0.1, 0.15) is 41.1 Å². The van der Waals surface area contributed by atoms with Crippen LogP contribution in [0.2, 0.25) is 5.02 Å². The van der Waals surface area contributed by atoms with Crippen LogP contribution in [0, 0.1) is 6.92 Å². The van der Waals surface area contributed by atoms with Crippen LogP contribution in [0.3, 0.4) is 0 Å². The molecule has 1 N–H and O–H groups in total. The van der Waals surface area contributed by atoms with Crippen molar-refractivity contribution in [1.29, 1.82) is 0 Å². The van der Waals surface area contributed by atoms with Gasteiger partial charge in [-0.05, 0) is 50.1 Å². The number of carbonyl (C=O) groups excluding carboxylic acids is 1. The number of anilines is 1. The van der Waals surface area contributed by atoms with E-state index in [9.17, 15) is 4.79 Å². The summed E-state index contributed by atoms with van der Waals surface area (Å²) >= 11 is 6.29. The minimum absolute atomic E-state index is 0.0618. The van der Waals surface area contributed by atoms with Crippen LogP contribution >= 0.6 is 11.6 Å². The van der Waals surface area contributed by atoms with Gasteiger partial charge in [0, 0.05) is 36.9 Å². The number of aryl methyl sites for hydroxylation is 1. The van der Waals surface area contributed by atoms with E-state index in [1.54, 1.807) is 12.4 Å². The first kappa shape index (κ1) is 19.8. The van der Waals surface area contributed by atoms with E-state index < -0.39 is 0 Å². The second kappa shape index (κ2) is 7.05. The molecular weight excluding hydrogens is 426 g/mol. The number of nitrogens with zero attached hydrogens (tertiary/aromatic N) is 4. The maximum absolute atomic E-state index is 12.9. The van der Waals surface area contributed by atoms with Gasteiger partial charge in [0.1, 0.15) is 11.2 Å². The maximum Gasteiger partial charge on any atom is 0.274 e. The SMILES string of the molecule is Cc1cnc(C(=O)N2CCC3(CC2)CC2(CO3)Nc3cc(Cl)ccc3-n3cccc32)cn1. The Bertz CT molecular complexity index is 1200. The lowest BCUT2D eigenvalue weighted by Gasteiger charge is -2.41. The second-order valence-corrected chi connectivity index (χ2v) is 9.55. The van der Waals surface area contributed by atoms with E-state index in [0.29, 0.717) is 30.4 Å². The fourth-order valence-electron chi connectivity index (χ4n) is 5.40. The molecule has 164 valence electrons. The van der Waals surface area contributed by atoms with Crippen LogP contribution in [0.15, 0.2) is 48.9 Å². The molecule has 3 aromatic rings. The predicted octanol–water partition coefficient (Wildman–Crippen LogP) is 3.95. The van der Waals surface area contributed by atoms with E-state index in [2.05, 4.69) is 38.2 Å². The van der Waals surface area contributed by atoms with E-state index in [4.69, 9.17) is 16.3 Å². The number of ether oxygens (including phenoxy) is 1. The van der Waals surface area contributed by atoms with Crippen molar-refractivity contribution >= 4 is 23.2 Å². The van der Waals surface area contributed by atoms with Crippen molar-refractivity contribution < 1.29 is 9.53 Å². The summed E-state index contributed by atoms with van der Waals surface area (Å²) in [4.78, 5) is 23.2. The first-order chi connectivity index (χ1) is 15.5. The molecule has 0 radical (unpaired) electrons. The number of halogens is 1. The molecule has 6 rings (SSSR count). The second-order valence-electron chi connectivity index (χ2n) is 9.12. The van der Waals surface area contributed by atoms with Crippen molar-refractivity contribution in [3.05, 3.63) is 71.0 Å². The highest BCUT2D eigenvalue weighted by Gasteiger charge is 2.54. The average Bonchev–Trinajstić information content (AvgIpc) is 3.41. The van der Waals surface area contributed by atoms with Gasteiger partial charge in [0.25, 0.3) is 5.91 Å². The van der Waals surface area contributed by atoms with Gasteiger partial charge in [-0.1, -0.05) is 11.6 Å². The molecule has 0 saturated carbocycles. The Morgan fingerprint density at radius 3 is 2.81 bits per heavy atom. The summed E-state index contributed by atoms with van der Waals surface area (Å²) in [5.74, 6) is -0.0618. The number of hydrogen-bond acceptors (Lipinski definition) is 5. The quantitative estimate of drug-likeness (QED) is 0.609. The Hall–Kier alpha value is -2.90. The van der Waals surface area contributed by atoms with Gasteiger partial charge in [0.05, 0.1) is 41.2 Å². The van der Waals surface area contributed by atoms with Gasteiger partial charge in [-0.25, -0.2) is 4.98 Å². The number of hydrogen-bond donors (Lipinski definition) is 1. The van der Waals surface area contributed by atoms with Gasteiger partial charge < -0.3 is 19.5 Å². The molecule has 2 spiro atoms. The van der Waals surface area contributed by atoms with Gasteiger partial charge >= 0.3 is 0 Å². The Morgan fingerprint density at radius 2 is 2.03 bits per heavy atom. The number of likely N-dealkylation sites (tertiary alicyclic amines) is 1. The van der Waals surface area contributed by atoms with E-state index in [1.807, 2.05) is 30.0 Å². The summed E-state index contributed by atoms with van der Waals surface area (Å²) in [5, 5.41) is 4.47. The van der Waals surface area contributed by atoms with Gasteiger partial charge in [0.2, 0.25) is 0 Å². The molecule has 7 nitrogen and oxygen atoms in total. The lowest BCUT2D eigenvalue weighted by Crippen LogP contribution is -2.48. The van der Waals surface area contributed by atoms with Crippen LogP contribution in [-0.2, 0) is 10.3 Å². The highest BCUT2D eigenvalue weighted by atomic mass is 35.5. The number of fused-ring (bicyclic) bond motifs is 4. The Balaban J connectivity index is 1.22. The standard InChI is InChI=1S/C24H24ClN5O2/c1-16-12-27-19(13-26-16)22(31)29-9-6-23(7-10-29)14-24(15-32-23)21-3-2-8-30(21)20-5-4-17(25)11-18(20)28-24/h2-5,8,11-13,28H,6-7,9-10,14-15H2,1H3. The Morgan fingerprint density at radius 1 is 1.19 bits per heavy atom. The highest BCUT2D eigenvalue weighted by Crippen LogP contribution is 2.50. The number of amides is 1. The Labute approximate surface area is 191 Å². The van der Waals surface area contributed by atoms with Gasteiger partial charge in [-0.3, -0.25) is 9.78 Å². The largest absolute Gasteiger partial charge is 0.372 e. The molecule has 2 aromatic heterocycles. The van der Waals surface area contributed by atoms with E-state index in [-0.39, 0.29) is 17.0 Å². The zero-order valence-electron chi connectivity index (χ0n) is 17.8. The van der Waals surface area contributed by atoms with Crippen molar-refractivity contribution in [3.63, 3.8) is 0 Å². The predicted molar refractivity (Wildman–Crippen MR) is 121 cm³/mol. The van der Waals surface area contributed by atoms with Crippen LogP contribution < -0.4 is 5.32 Å². The smallest absolute Gasteiger partial charge is 0.274 e. The zero-order chi connectivity index (χ0) is 21.9. The molecule has 1 amide bonds. The molecule has 1 atom stereocenters. The van der Waals surface area contributed by atoms with Gasteiger partial charge in [-0.15, -0.1) is 0 Å². The normalized spacial score (nSPS) is 23.1. The van der Waals surface area contributed by atoms with E-state index in [1.165, 1.54) is 5.69 Å². The van der Waals surface area contributed by atoms with Crippen LogP contribution in [-0.4, -0.2) is 50.6 Å². The number of benzene rings is 1. The summed E-state index contributed by atoms with van der Waals surface area (Å²) in [5.41, 5.74) is 3.96.